The van der Waals surface area contributed by atoms with E-state index >= 15 is 0 Å². The zero-order chi connectivity index (χ0) is 23.3. The van der Waals surface area contributed by atoms with Gasteiger partial charge >= 0.3 is 0 Å². The molecule has 5 rings (SSSR count). The van der Waals surface area contributed by atoms with Gasteiger partial charge in [0, 0.05) is 44.6 Å². The van der Waals surface area contributed by atoms with Crippen LogP contribution in [0.2, 0.25) is 0 Å². The van der Waals surface area contributed by atoms with E-state index in [0.717, 1.165) is 5.56 Å². The number of carbonyl (C=O) groups excluding carboxylic acids is 2. The van der Waals surface area contributed by atoms with Crippen LogP contribution < -0.4 is 25.0 Å². The Morgan fingerprint density at radius 2 is 2.09 bits per heavy atom. The maximum Gasteiger partial charge on any atom is 0.236 e. The van der Waals surface area contributed by atoms with Crippen molar-refractivity contribution < 1.29 is 19.1 Å². The summed E-state index contributed by atoms with van der Waals surface area (Å²) in [5.41, 5.74) is 1.23. The zero-order valence-electron chi connectivity index (χ0n) is 18.3. The van der Waals surface area contributed by atoms with Gasteiger partial charge in [0.15, 0.2) is 11.5 Å². The van der Waals surface area contributed by atoms with Crippen molar-refractivity contribution in [1.82, 2.24) is 30.2 Å². The Morgan fingerprint density at radius 3 is 2.91 bits per heavy atom. The molecule has 4 heterocycles. The molecular weight excluding hydrogens is 438 g/mol. The second-order valence-electron chi connectivity index (χ2n) is 7.79. The van der Waals surface area contributed by atoms with Gasteiger partial charge in [-0.25, -0.2) is 14.8 Å². The smallest absolute Gasteiger partial charge is 0.236 e. The van der Waals surface area contributed by atoms with Crippen LogP contribution >= 0.6 is 0 Å². The summed E-state index contributed by atoms with van der Waals surface area (Å²) in [6.07, 6.45) is 6.68. The minimum absolute atomic E-state index is 0.0884. The third-order valence-electron chi connectivity index (χ3n) is 5.58. The Bertz CT molecular complexity index is 1220. The van der Waals surface area contributed by atoms with Crippen molar-refractivity contribution in [3.8, 4) is 17.4 Å². The summed E-state index contributed by atoms with van der Waals surface area (Å²) >= 11 is 0. The highest BCUT2D eigenvalue weighted by Crippen LogP contribution is 2.30. The average Bonchev–Trinajstić information content (AvgIpc) is 3.42. The van der Waals surface area contributed by atoms with Gasteiger partial charge < -0.3 is 25.0 Å². The molecule has 2 N–H and O–H groups in total. The lowest BCUT2D eigenvalue weighted by atomic mass is 10.1. The highest BCUT2D eigenvalue weighted by Gasteiger charge is 2.29. The van der Waals surface area contributed by atoms with E-state index in [-0.39, 0.29) is 12.3 Å². The number of rotatable bonds is 6. The van der Waals surface area contributed by atoms with E-state index in [0.29, 0.717) is 61.8 Å². The van der Waals surface area contributed by atoms with Crippen molar-refractivity contribution in [3.05, 3.63) is 60.4 Å². The number of nitrogens with zero attached hydrogens (tertiary/aromatic N) is 5. The molecule has 0 bridgehead atoms. The molecular formula is C23H23N7O4. The van der Waals surface area contributed by atoms with Gasteiger partial charge in [0.25, 0.3) is 0 Å². The maximum atomic E-state index is 12.7. The first-order valence-corrected chi connectivity index (χ1v) is 10.9. The molecule has 0 radical (unpaired) electrons. The molecule has 1 aromatic carbocycles. The number of piperazine rings is 1. The molecule has 11 nitrogen and oxygen atoms in total. The van der Waals surface area contributed by atoms with Crippen molar-refractivity contribution in [2.45, 2.75) is 19.0 Å². The van der Waals surface area contributed by atoms with E-state index in [1.807, 2.05) is 24.1 Å². The summed E-state index contributed by atoms with van der Waals surface area (Å²) in [4.78, 5) is 39.2. The van der Waals surface area contributed by atoms with Crippen molar-refractivity contribution >= 4 is 17.7 Å². The fourth-order valence-electron chi connectivity index (χ4n) is 3.94. The predicted octanol–water partition coefficient (Wildman–Crippen LogP) is 0.634. The van der Waals surface area contributed by atoms with Gasteiger partial charge in [-0.2, -0.15) is 4.98 Å². The van der Waals surface area contributed by atoms with Crippen LogP contribution in [0, 0.1) is 0 Å². The minimum Gasteiger partial charge on any atom is -0.486 e. The number of ether oxygens (including phenoxy) is 2. The van der Waals surface area contributed by atoms with Gasteiger partial charge in [-0.1, -0.05) is 6.07 Å². The third kappa shape index (κ3) is 4.61. The molecule has 1 amide bonds. The Kier molecular flexibility index (Phi) is 6.19. The van der Waals surface area contributed by atoms with E-state index in [1.54, 1.807) is 40.5 Å². The van der Waals surface area contributed by atoms with Crippen LogP contribution in [0.1, 0.15) is 12.0 Å². The number of fused-ring (bicyclic) bond motifs is 1. The molecule has 1 saturated heterocycles. The molecule has 2 aliphatic rings. The number of aromatic nitrogens is 4. The zero-order valence-corrected chi connectivity index (χ0v) is 18.3. The number of hydrogen-bond acceptors (Lipinski definition) is 9. The third-order valence-corrected chi connectivity index (χ3v) is 5.58. The number of nitrogens with one attached hydrogen (secondary N) is 2. The second-order valence-corrected chi connectivity index (χ2v) is 7.79. The molecule has 34 heavy (non-hydrogen) atoms. The van der Waals surface area contributed by atoms with E-state index < -0.39 is 6.04 Å². The second kappa shape index (κ2) is 9.74. The standard InChI is InChI=1S/C23H23N7O4/c31-14-18-17(12-22(32)27-13-16-1-2-19-20(11-16)34-10-9-33-19)25-6-8-30(18)21-3-4-26-23(28-21)29-7-5-24-15-29/h1-5,7,11,15,17,25H,6,8-10,12-13H2,(H,27,32). The van der Waals surface area contributed by atoms with Crippen molar-refractivity contribution in [3.63, 3.8) is 0 Å². The van der Waals surface area contributed by atoms with E-state index in [1.165, 1.54) is 0 Å². The number of carbonyl (C=O) groups is 1. The number of benzene rings is 1. The molecule has 0 spiro atoms. The van der Waals surface area contributed by atoms with Gasteiger partial charge in [-0.15, -0.1) is 0 Å². The Morgan fingerprint density at radius 1 is 1.21 bits per heavy atom. The maximum absolute atomic E-state index is 12.7. The molecule has 1 fully saturated rings. The predicted molar refractivity (Wildman–Crippen MR) is 121 cm³/mol. The van der Waals surface area contributed by atoms with Gasteiger partial charge in [-0.3, -0.25) is 9.36 Å². The van der Waals surface area contributed by atoms with E-state index in [4.69, 9.17) is 9.47 Å². The normalized spacial score (nSPS) is 17.2. The van der Waals surface area contributed by atoms with Crippen molar-refractivity contribution in [2.24, 2.45) is 0 Å². The minimum atomic E-state index is -0.488. The van der Waals surface area contributed by atoms with Gasteiger partial charge in [0.2, 0.25) is 11.9 Å². The molecule has 3 aromatic rings. The Hall–Kier alpha value is -4.21. The Labute approximate surface area is 195 Å². The monoisotopic (exact) mass is 461 g/mol. The SMILES string of the molecule is O=C=C1C(CC(=O)NCc2ccc3c(c2)OCCO3)NCCN1c1ccnc(-n2ccnc2)n1. The van der Waals surface area contributed by atoms with Crippen LogP contribution in [-0.4, -0.2) is 63.7 Å². The van der Waals surface area contributed by atoms with Crippen LogP contribution in [0.25, 0.3) is 5.95 Å². The number of hydrogen-bond donors (Lipinski definition) is 2. The summed E-state index contributed by atoms with van der Waals surface area (Å²) in [6.45, 7) is 2.47. The van der Waals surface area contributed by atoms with E-state index in [2.05, 4.69) is 25.6 Å². The van der Waals surface area contributed by atoms with Crippen LogP contribution in [-0.2, 0) is 16.1 Å². The van der Waals surface area contributed by atoms with Crippen molar-refractivity contribution in [1.29, 1.82) is 0 Å². The van der Waals surface area contributed by atoms with Crippen LogP contribution in [0.5, 0.6) is 11.5 Å². The summed E-state index contributed by atoms with van der Waals surface area (Å²) in [5.74, 6) is 4.19. The quantitative estimate of drug-likeness (QED) is 0.509. The molecule has 174 valence electrons. The first kappa shape index (κ1) is 21.6. The lowest BCUT2D eigenvalue weighted by Crippen LogP contribution is -2.51. The summed E-state index contributed by atoms with van der Waals surface area (Å²) in [5, 5.41) is 6.14. The lowest BCUT2D eigenvalue weighted by molar-refractivity contribution is -0.121. The summed E-state index contributed by atoms with van der Waals surface area (Å²) < 4.78 is 12.8. The molecule has 11 heteroatoms. The first-order chi connectivity index (χ1) is 16.7. The number of anilines is 1. The number of imidazole rings is 1. The first-order valence-electron chi connectivity index (χ1n) is 10.9. The fraction of sp³-hybridized carbons (Fsp3) is 0.304. The van der Waals surface area contributed by atoms with E-state index in [9.17, 15) is 9.59 Å². The van der Waals surface area contributed by atoms with Crippen LogP contribution in [0.3, 0.4) is 0 Å². The Balaban J connectivity index is 1.24. The summed E-state index contributed by atoms with van der Waals surface area (Å²) in [7, 11) is 0. The van der Waals surface area contributed by atoms with Crippen molar-refractivity contribution in [2.75, 3.05) is 31.2 Å². The molecule has 0 aliphatic carbocycles. The summed E-state index contributed by atoms with van der Waals surface area (Å²) in [6, 6.07) is 6.82. The largest absolute Gasteiger partial charge is 0.486 e. The highest BCUT2D eigenvalue weighted by molar-refractivity contribution is 5.78. The lowest BCUT2D eigenvalue weighted by Gasteiger charge is -2.34. The average molecular weight is 461 g/mol. The molecule has 1 unspecified atom stereocenters. The van der Waals surface area contributed by atoms with Gasteiger partial charge in [0.1, 0.15) is 37.0 Å². The van der Waals surface area contributed by atoms with Crippen LogP contribution in [0.4, 0.5) is 5.82 Å². The molecule has 1 atom stereocenters. The molecule has 2 aliphatic heterocycles. The molecule has 0 saturated carbocycles. The fourth-order valence-corrected chi connectivity index (χ4v) is 3.94. The van der Waals surface area contributed by atoms with Gasteiger partial charge in [0.05, 0.1) is 6.04 Å². The highest BCUT2D eigenvalue weighted by atomic mass is 16.6. The number of amides is 1. The van der Waals surface area contributed by atoms with Crippen LogP contribution in [0.15, 0.2) is 54.9 Å². The topological polar surface area (TPSA) is 124 Å². The molecule has 2 aromatic heterocycles. The van der Waals surface area contributed by atoms with Gasteiger partial charge in [-0.05, 0) is 23.8 Å².